The zero-order valence-electron chi connectivity index (χ0n) is 9.32. The van der Waals surface area contributed by atoms with E-state index in [4.69, 9.17) is 11.6 Å². The molecule has 0 bridgehead atoms. The fourth-order valence-corrected chi connectivity index (χ4v) is 2.04. The normalized spacial score (nSPS) is 16.6. The molecule has 0 amide bonds. The maximum atomic E-state index is 5.65. The Morgan fingerprint density at radius 3 is 2.75 bits per heavy atom. The molecule has 0 saturated carbocycles. The molecule has 1 aliphatic heterocycles. The number of nitrogens with zero attached hydrogens (tertiary/aromatic N) is 3. The van der Waals surface area contributed by atoms with Gasteiger partial charge in [-0.25, -0.2) is 0 Å². The summed E-state index contributed by atoms with van der Waals surface area (Å²) in [4.78, 5) is 2.51. The van der Waals surface area contributed by atoms with Gasteiger partial charge in [-0.15, -0.1) is 10.2 Å². The molecule has 1 aromatic heterocycles. The molecule has 16 heavy (non-hydrogen) atoms. The molecule has 1 aromatic rings. The van der Waals surface area contributed by atoms with Gasteiger partial charge in [-0.2, -0.15) is 0 Å². The van der Waals surface area contributed by atoms with Crippen molar-refractivity contribution in [2.45, 2.75) is 19.3 Å². The van der Waals surface area contributed by atoms with Crippen LogP contribution in [0, 0.1) is 0 Å². The summed E-state index contributed by atoms with van der Waals surface area (Å²) in [5.74, 6) is 0.797. The van der Waals surface area contributed by atoms with E-state index in [0.29, 0.717) is 5.15 Å². The van der Waals surface area contributed by atoms with E-state index < -0.39 is 0 Å². The van der Waals surface area contributed by atoms with Crippen molar-refractivity contribution in [1.82, 2.24) is 15.1 Å². The SMILES string of the molecule is Clc1ccc(NCCCN2CCCC2)nn1. The maximum absolute atomic E-state index is 5.65. The molecule has 4 nitrogen and oxygen atoms in total. The number of hydrogen-bond donors (Lipinski definition) is 1. The lowest BCUT2D eigenvalue weighted by atomic mass is 10.4. The minimum Gasteiger partial charge on any atom is -0.369 e. The quantitative estimate of drug-likeness (QED) is 0.800. The van der Waals surface area contributed by atoms with Crippen LogP contribution in [0.3, 0.4) is 0 Å². The van der Waals surface area contributed by atoms with E-state index in [0.717, 1.165) is 18.8 Å². The van der Waals surface area contributed by atoms with Gasteiger partial charge >= 0.3 is 0 Å². The minimum absolute atomic E-state index is 0.433. The molecule has 2 rings (SSSR count). The van der Waals surface area contributed by atoms with Crippen molar-refractivity contribution >= 4 is 17.4 Å². The molecule has 1 aliphatic rings. The van der Waals surface area contributed by atoms with Crippen molar-refractivity contribution < 1.29 is 0 Å². The Morgan fingerprint density at radius 1 is 1.25 bits per heavy atom. The molecular formula is C11H17ClN4. The lowest BCUT2D eigenvalue weighted by molar-refractivity contribution is 0.337. The zero-order chi connectivity index (χ0) is 11.2. The van der Waals surface area contributed by atoms with Crippen LogP contribution in [0.5, 0.6) is 0 Å². The first-order valence-electron chi connectivity index (χ1n) is 5.80. The second kappa shape index (κ2) is 6.01. The van der Waals surface area contributed by atoms with Crippen LogP contribution in [0.15, 0.2) is 12.1 Å². The Balaban J connectivity index is 1.62. The van der Waals surface area contributed by atoms with Crippen molar-refractivity contribution in [3.8, 4) is 0 Å². The molecule has 0 radical (unpaired) electrons. The van der Waals surface area contributed by atoms with Gasteiger partial charge in [-0.3, -0.25) is 0 Å². The standard InChI is InChI=1S/C11H17ClN4/c12-10-4-5-11(15-14-10)13-6-3-9-16-7-1-2-8-16/h4-5H,1-3,6-9H2,(H,13,15). The van der Waals surface area contributed by atoms with Gasteiger partial charge in [0, 0.05) is 6.54 Å². The average Bonchev–Trinajstić information content (AvgIpc) is 2.80. The summed E-state index contributed by atoms with van der Waals surface area (Å²) < 4.78 is 0. The molecule has 0 aromatic carbocycles. The van der Waals surface area contributed by atoms with E-state index in [9.17, 15) is 0 Å². The minimum atomic E-state index is 0.433. The van der Waals surface area contributed by atoms with Crippen LogP contribution in [-0.2, 0) is 0 Å². The summed E-state index contributed by atoms with van der Waals surface area (Å²) in [6, 6.07) is 3.60. The van der Waals surface area contributed by atoms with Crippen LogP contribution in [0.4, 0.5) is 5.82 Å². The smallest absolute Gasteiger partial charge is 0.151 e. The molecule has 88 valence electrons. The molecular weight excluding hydrogens is 224 g/mol. The van der Waals surface area contributed by atoms with Crippen LogP contribution < -0.4 is 5.32 Å². The summed E-state index contributed by atoms with van der Waals surface area (Å²) in [5, 5.41) is 11.4. The summed E-state index contributed by atoms with van der Waals surface area (Å²) in [6.07, 6.45) is 3.86. The highest BCUT2D eigenvalue weighted by Crippen LogP contribution is 2.08. The fourth-order valence-electron chi connectivity index (χ4n) is 1.94. The van der Waals surface area contributed by atoms with Crippen LogP contribution in [0.1, 0.15) is 19.3 Å². The number of halogens is 1. The summed E-state index contributed by atoms with van der Waals surface area (Å²) in [6.45, 7) is 4.64. The largest absolute Gasteiger partial charge is 0.369 e. The highest BCUT2D eigenvalue weighted by atomic mass is 35.5. The third-order valence-electron chi connectivity index (χ3n) is 2.79. The summed E-state index contributed by atoms with van der Waals surface area (Å²) in [5.41, 5.74) is 0. The summed E-state index contributed by atoms with van der Waals surface area (Å²) in [7, 11) is 0. The molecule has 0 atom stereocenters. The number of hydrogen-bond acceptors (Lipinski definition) is 4. The van der Waals surface area contributed by atoms with Gasteiger partial charge in [0.05, 0.1) is 0 Å². The van der Waals surface area contributed by atoms with Gasteiger partial charge in [0.2, 0.25) is 0 Å². The van der Waals surface area contributed by atoms with E-state index in [-0.39, 0.29) is 0 Å². The average molecular weight is 241 g/mol. The van der Waals surface area contributed by atoms with Gasteiger partial charge in [0.15, 0.2) is 5.15 Å². The number of likely N-dealkylation sites (tertiary alicyclic amines) is 1. The topological polar surface area (TPSA) is 41.0 Å². The lowest BCUT2D eigenvalue weighted by Crippen LogP contribution is -2.22. The second-order valence-electron chi connectivity index (χ2n) is 4.07. The van der Waals surface area contributed by atoms with Gasteiger partial charge in [0.1, 0.15) is 5.82 Å². The van der Waals surface area contributed by atoms with E-state index in [1.807, 2.05) is 6.07 Å². The highest BCUT2D eigenvalue weighted by molar-refractivity contribution is 6.29. The highest BCUT2D eigenvalue weighted by Gasteiger charge is 2.09. The van der Waals surface area contributed by atoms with Crippen molar-refractivity contribution in [2.75, 3.05) is 31.5 Å². The van der Waals surface area contributed by atoms with Crippen LogP contribution in [-0.4, -0.2) is 41.3 Å². The first-order chi connectivity index (χ1) is 7.84. The van der Waals surface area contributed by atoms with Crippen molar-refractivity contribution in [3.05, 3.63) is 17.3 Å². The van der Waals surface area contributed by atoms with E-state index in [2.05, 4.69) is 20.4 Å². The Labute approximate surface area is 101 Å². The number of anilines is 1. The zero-order valence-corrected chi connectivity index (χ0v) is 10.1. The molecule has 2 heterocycles. The fraction of sp³-hybridized carbons (Fsp3) is 0.636. The Bertz CT molecular complexity index is 308. The third kappa shape index (κ3) is 3.61. The molecule has 0 aliphatic carbocycles. The van der Waals surface area contributed by atoms with Crippen LogP contribution in [0.25, 0.3) is 0 Å². The van der Waals surface area contributed by atoms with E-state index >= 15 is 0 Å². The molecule has 1 saturated heterocycles. The van der Waals surface area contributed by atoms with E-state index in [1.165, 1.54) is 32.5 Å². The first kappa shape index (κ1) is 11.6. The van der Waals surface area contributed by atoms with Gasteiger partial charge < -0.3 is 10.2 Å². The summed E-state index contributed by atoms with van der Waals surface area (Å²) >= 11 is 5.65. The third-order valence-corrected chi connectivity index (χ3v) is 2.99. The van der Waals surface area contributed by atoms with Crippen molar-refractivity contribution in [1.29, 1.82) is 0 Å². The molecule has 1 N–H and O–H groups in total. The van der Waals surface area contributed by atoms with Gasteiger partial charge in [0.25, 0.3) is 0 Å². The van der Waals surface area contributed by atoms with Crippen LogP contribution >= 0.6 is 11.6 Å². The predicted octanol–water partition coefficient (Wildman–Crippen LogP) is 2.03. The predicted molar refractivity (Wildman–Crippen MR) is 65.8 cm³/mol. The number of nitrogens with one attached hydrogen (secondary N) is 1. The second-order valence-corrected chi connectivity index (χ2v) is 4.46. The molecule has 0 spiro atoms. The van der Waals surface area contributed by atoms with E-state index in [1.54, 1.807) is 6.07 Å². The molecule has 1 fully saturated rings. The Kier molecular flexibility index (Phi) is 4.36. The first-order valence-corrected chi connectivity index (χ1v) is 6.18. The Morgan fingerprint density at radius 2 is 2.06 bits per heavy atom. The molecule has 5 heteroatoms. The monoisotopic (exact) mass is 240 g/mol. The van der Waals surface area contributed by atoms with Gasteiger partial charge in [-0.05, 0) is 51.0 Å². The van der Waals surface area contributed by atoms with Crippen molar-refractivity contribution in [2.24, 2.45) is 0 Å². The Hall–Kier alpha value is -0.870. The number of aromatic nitrogens is 2. The molecule has 0 unspecified atom stereocenters. The van der Waals surface area contributed by atoms with Gasteiger partial charge in [-0.1, -0.05) is 11.6 Å². The lowest BCUT2D eigenvalue weighted by Gasteiger charge is -2.14. The maximum Gasteiger partial charge on any atom is 0.151 e. The van der Waals surface area contributed by atoms with Crippen molar-refractivity contribution in [3.63, 3.8) is 0 Å². The number of rotatable bonds is 5. The van der Waals surface area contributed by atoms with Crippen LogP contribution in [0.2, 0.25) is 5.15 Å².